The molecule has 0 spiro atoms. The summed E-state index contributed by atoms with van der Waals surface area (Å²) in [5, 5.41) is 3.23. The number of carbonyl (C=O) groups excluding carboxylic acids is 1. The Morgan fingerprint density at radius 1 is 1.33 bits per heavy atom. The Bertz CT molecular complexity index is 605. The SMILES string of the molecule is CCCCNC(=O)CN(c1cc(Cl)ccc1Cl)S(C)(=O)=O. The molecule has 0 atom stereocenters. The van der Waals surface area contributed by atoms with Crippen molar-refractivity contribution in [3.63, 3.8) is 0 Å². The number of sulfonamides is 1. The number of nitrogens with zero attached hydrogens (tertiary/aromatic N) is 1. The van der Waals surface area contributed by atoms with E-state index in [0.29, 0.717) is 11.6 Å². The first-order chi connectivity index (χ1) is 9.75. The molecule has 0 aliphatic heterocycles. The highest BCUT2D eigenvalue weighted by Gasteiger charge is 2.23. The molecule has 8 heteroatoms. The van der Waals surface area contributed by atoms with Gasteiger partial charge in [-0.3, -0.25) is 9.10 Å². The van der Waals surface area contributed by atoms with Crippen LogP contribution in [0.5, 0.6) is 0 Å². The first-order valence-corrected chi connectivity index (χ1v) is 9.05. The number of unbranched alkanes of at least 4 members (excludes halogenated alkanes) is 1. The number of benzene rings is 1. The normalized spacial score (nSPS) is 11.2. The van der Waals surface area contributed by atoms with Crippen molar-refractivity contribution >= 4 is 44.8 Å². The van der Waals surface area contributed by atoms with Gasteiger partial charge in [-0.2, -0.15) is 0 Å². The molecule has 0 fully saturated rings. The van der Waals surface area contributed by atoms with Crippen LogP contribution in [0.4, 0.5) is 5.69 Å². The van der Waals surface area contributed by atoms with Crippen molar-refractivity contribution in [1.29, 1.82) is 0 Å². The third-order valence-electron chi connectivity index (χ3n) is 2.72. The van der Waals surface area contributed by atoms with E-state index in [4.69, 9.17) is 23.2 Å². The summed E-state index contributed by atoms with van der Waals surface area (Å²) in [6.07, 6.45) is 2.79. The number of amides is 1. The zero-order valence-corrected chi connectivity index (χ0v) is 14.2. The Labute approximate surface area is 135 Å². The number of rotatable bonds is 7. The Kier molecular flexibility index (Phi) is 6.77. The number of hydrogen-bond donors (Lipinski definition) is 1. The maximum Gasteiger partial charge on any atom is 0.240 e. The Morgan fingerprint density at radius 3 is 2.57 bits per heavy atom. The molecule has 0 aromatic heterocycles. The van der Waals surface area contributed by atoms with Crippen LogP contribution in [0.25, 0.3) is 0 Å². The van der Waals surface area contributed by atoms with Gasteiger partial charge in [0.2, 0.25) is 15.9 Å². The summed E-state index contributed by atoms with van der Waals surface area (Å²) >= 11 is 11.9. The van der Waals surface area contributed by atoms with Gasteiger partial charge in [-0.05, 0) is 24.6 Å². The van der Waals surface area contributed by atoms with Crippen molar-refractivity contribution in [2.75, 3.05) is 23.7 Å². The molecule has 0 aliphatic carbocycles. The fourth-order valence-corrected chi connectivity index (χ4v) is 2.95. The van der Waals surface area contributed by atoms with E-state index in [2.05, 4.69) is 5.32 Å². The van der Waals surface area contributed by atoms with E-state index in [0.717, 1.165) is 23.4 Å². The van der Waals surface area contributed by atoms with Crippen molar-refractivity contribution < 1.29 is 13.2 Å². The molecule has 0 heterocycles. The van der Waals surface area contributed by atoms with Gasteiger partial charge < -0.3 is 5.32 Å². The molecule has 0 unspecified atom stereocenters. The predicted molar refractivity (Wildman–Crippen MR) is 86.6 cm³/mol. The lowest BCUT2D eigenvalue weighted by atomic mass is 10.3. The molecular weight excluding hydrogens is 335 g/mol. The average molecular weight is 353 g/mol. The van der Waals surface area contributed by atoms with E-state index in [-0.39, 0.29) is 23.2 Å². The van der Waals surface area contributed by atoms with Gasteiger partial charge in [-0.25, -0.2) is 8.42 Å². The number of nitrogens with one attached hydrogen (secondary N) is 1. The molecule has 0 radical (unpaired) electrons. The number of halogens is 2. The smallest absolute Gasteiger partial charge is 0.240 e. The summed E-state index contributed by atoms with van der Waals surface area (Å²) in [6.45, 7) is 2.18. The van der Waals surface area contributed by atoms with Crippen LogP contribution in [0.2, 0.25) is 10.0 Å². The van der Waals surface area contributed by atoms with Crippen molar-refractivity contribution in [3.8, 4) is 0 Å². The third-order valence-corrected chi connectivity index (χ3v) is 4.40. The van der Waals surface area contributed by atoms with Crippen LogP contribution >= 0.6 is 23.2 Å². The fourth-order valence-electron chi connectivity index (χ4n) is 1.65. The van der Waals surface area contributed by atoms with E-state index in [1.165, 1.54) is 12.1 Å². The first-order valence-electron chi connectivity index (χ1n) is 6.45. The molecule has 1 N–H and O–H groups in total. The Morgan fingerprint density at radius 2 is 2.00 bits per heavy atom. The van der Waals surface area contributed by atoms with Gasteiger partial charge in [0.1, 0.15) is 6.54 Å². The topological polar surface area (TPSA) is 66.5 Å². The summed E-state index contributed by atoms with van der Waals surface area (Å²) in [5.41, 5.74) is 0.192. The van der Waals surface area contributed by atoms with E-state index in [9.17, 15) is 13.2 Å². The van der Waals surface area contributed by atoms with E-state index in [1.807, 2.05) is 6.92 Å². The summed E-state index contributed by atoms with van der Waals surface area (Å²) < 4.78 is 24.8. The molecule has 118 valence electrons. The molecular formula is C13H18Cl2N2O3S. The van der Waals surface area contributed by atoms with Crippen LogP contribution in [0.3, 0.4) is 0 Å². The predicted octanol–water partition coefficient (Wildman–Crippen LogP) is 2.68. The van der Waals surface area contributed by atoms with Gasteiger partial charge in [0.05, 0.1) is 17.0 Å². The Hall–Kier alpha value is -0.980. The van der Waals surface area contributed by atoms with Crippen LogP contribution in [-0.4, -0.2) is 33.7 Å². The summed E-state index contributed by atoms with van der Waals surface area (Å²) in [6, 6.07) is 4.46. The quantitative estimate of drug-likeness (QED) is 0.767. The highest BCUT2D eigenvalue weighted by Crippen LogP contribution is 2.30. The summed E-state index contributed by atoms with van der Waals surface area (Å²) in [7, 11) is -3.65. The molecule has 0 saturated carbocycles. The van der Waals surface area contributed by atoms with Crippen LogP contribution in [0, 0.1) is 0 Å². The second-order valence-corrected chi connectivity index (χ2v) is 7.32. The lowest BCUT2D eigenvalue weighted by Gasteiger charge is -2.23. The monoisotopic (exact) mass is 352 g/mol. The molecule has 21 heavy (non-hydrogen) atoms. The second-order valence-electron chi connectivity index (χ2n) is 4.57. The molecule has 1 aromatic rings. The van der Waals surface area contributed by atoms with Crippen molar-refractivity contribution in [3.05, 3.63) is 28.2 Å². The molecule has 0 bridgehead atoms. The van der Waals surface area contributed by atoms with E-state index in [1.54, 1.807) is 6.07 Å². The fraction of sp³-hybridized carbons (Fsp3) is 0.462. The lowest BCUT2D eigenvalue weighted by molar-refractivity contribution is -0.119. The van der Waals surface area contributed by atoms with Gasteiger partial charge >= 0.3 is 0 Å². The van der Waals surface area contributed by atoms with Crippen molar-refractivity contribution in [1.82, 2.24) is 5.32 Å². The van der Waals surface area contributed by atoms with Gasteiger partial charge in [0, 0.05) is 11.6 Å². The van der Waals surface area contributed by atoms with Crippen molar-refractivity contribution in [2.45, 2.75) is 19.8 Å². The van der Waals surface area contributed by atoms with Gasteiger partial charge in [-0.15, -0.1) is 0 Å². The van der Waals surface area contributed by atoms with E-state index < -0.39 is 10.0 Å². The molecule has 1 amide bonds. The zero-order chi connectivity index (χ0) is 16.0. The first kappa shape index (κ1) is 18.1. The zero-order valence-electron chi connectivity index (χ0n) is 11.9. The molecule has 1 rings (SSSR count). The maximum absolute atomic E-state index is 11.9. The van der Waals surface area contributed by atoms with E-state index >= 15 is 0 Å². The molecule has 0 saturated heterocycles. The average Bonchev–Trinajstić information content (AvgIpc) is 2.38. The minimum Gasteiger partial charge on any atom is -0.355 e. The van der Waals surface area contributed by atoms with Crippen LogP contribution in [0.1, 0.15) is 19.8 Å². The minimum atomic E-state index is -3.65. The second kappa shape index (κ2) is 7.87. The van der Waals surface area contributed by atoms with Crippen LogP contribution in [-0.2, 0) is 14.8 Å². The summed E-state index contributed by atoms with van der Waals surface area (Å²) in [5.74, 6) is -0.384. The van der Waals surface area contributed by atoms with Gasteiger partial charge in [-0.1, -0.05) is 36.5 Å². The molecule has 1 aromatic carbocycles. The van der Waals surface area contributed by atoms with Gasteiger partial charge in [0.25, 0.3) is 0 Å². The lowest BCUT2D eigenvalue weighted by Crippen LogP contribution is -2.40. The highest BCUT2D eigenvalue weighted by molar-refractivity contribution is 7.92. The minimum absolute atomic E-state index is 0.192. The van der Waals surface area contributed by atoms with Crippen LogP contribution < -0.4 is 9.62 Å². The highest BCUT2D eigenvalue weighted by atomic mass is 35.5. The number of carbonyl (C=O) groups is 1. The molecule has 5 nitrogen and oxygen atoms in total. The van der Waals surface area contributed by atoms with Gasteiger partial charge in [0.15, 0.2) is 0 Å². The number of hydrogen-bond acceptors (Lipinski definition) is 3. The van der Waals surface area contributed by atoms with Crippen LogP contribution in [0.15, 0.2) is 18.2 Å². The standard InChI is InChI=1S/C13H18Cl2N2O3S/c1-3-4-7-16-13(18)9-17(21(2,19)20)12-8-10(14)5-6-11(12)15/h5-6,8H,3-4,7,9H2,1-2H3,(H,16,18). The third kappa shape index (κ3) is 5.73. The van der Waals surface area contributed by atoms with Crippen molar-refractivity contribution in [2.24, 2.45) is 0 Å². The number of anilines is 1. The molecule has 0 aliphatic rings. The largest absolute Gasteiger partial charge is 0.355 e. The Balaban J connectivity index is 2.97. The maximum atomic E-state index is 11.9. The summed E-state index contributed by atoms with van der Waals surface area (Å²) in [4.78, 5) is 11.9.